The number of fused-ring (bicyclic) bond motifs is 1. The van der Waals surface area contributed by atoms with Crippen LogP contribution >= 0.6 is 0 Å². The molecule has 2 saturated heterocycles. The predicted molar refractivity (Wildman–Crippen MR) is 67.6 cm³/mol. The second-order valence-corrected chi connectivity index (χ2v) is 6.00. The van der Waals surface area contributed by atoms with E-state index >= 15 is 0 Å². The number of hydrogen-bond acceptors (Lipinski definition) is 2. The summed E-state index contributed by atoms with van der Waals surface area (Å²) in [4.78, 5) is 2.74. The Bertz CT molecular complexity index is 223. The third-order valence-electron chi connectivity index (χ3n) is 4.91. The van der Waals surface area contributed by atoms with Crippen LogP contribution in [-0.2, 0) is 0 Å². The summed E-state index contributed by atoms with van der Waals surface area (Å²) >= 11 is 0. The maximum atomic E-state index is 3.98. The molecular formula is C14H26N2. The van der Waals surface area contributed by atoms with Gasteiger partial charge in [0.15, 0.2) is 0 Å². The first-order valence-corrected chi connectivity index (χ1v) is 7.43. The molecule has 3 aliphatic rings. The summed E-state index contributed by atoms with van der Waals surface area (Å²) in [5.41, 5.74) is 0. The van der Waals surface area contributed by atoms with E-state index in [1.807, 2.05) is 0 Å². The topological polar surface area (TPSA) is 15.3 Å². The van der Waals surface area contributed by atoms with Crippen LogP contribution in [0.2, 0.25) is 0 Å². The molecule has 0 bridgehead atoms. The van der Waals surface area contributed by atoms with Crippen molar-refractivity contribution in [3.05, 3.63) is 0 Å². The number of piperidine rings is 1. The highest BCUT2D eigenvalue weighted by Crippen LogP contribution is 2.28. The van der Waals surface area contributed by atoms with Crippen LogP contribution in [0.1, 0.15) is 57.8 Å². The summed E-state index contributed by atoms with van der Waals surface area (Å²) in [6.45, 7) is 2.72. The van der Waals surface area contributed by atoms with Crippen molar-refractivity contribution in [3.8, 4) is 0 Å². The van der Waals surface area contributed by atoms with E-state index in [1.165, 1.54) is 70.9 Å². The lowest BCUT2D eigenvalue weighted by atomic mass is 9.92. The van der Waals surface area contributed by atoms with Crippen LogP contribution in [0.3, 0.4) is 0 Å². The standard InChI is InChI=1S/C14H26N2/c1-2-6-12(7-3-1)15-13-9-11-16-10-5-4-8-14(13)16/h12-15H,1-11H2. The van der Waals surface area contributed by atoms with E-state index in [0.717, 1.165) is 18.1 Å². The van der Waals surface area contributed by atoms with Crippen molar-refractivity contribution in [2.75, 3.05) is 13.1 Å². The van der Waals surface area contributed by atoms with Gasteiger partial charge in [0, 0.05) is 24.7 Å². The lowest BCUT2D eigenvalue weighted by Gasteiger charge is -2.35. The Labute approximate surface area is 99.8 Å². The molecule has 3 rings (SSSR count). The fraction of sp³-hybridized carbons (Fsp3) is 1.00. The van der Waals surface area contributed by atoms with Crippen LogP contribution in [0.25, 0.3) is 0 Å². The van der Waals surface area contributed by atoms with Gasteiger partial charge < -0.3 is 5.32 Å². The van der Waals surface area contributed by atoms with E-state index in [2.05, 4.69) is 10.2 Å². The first kappa shape index (κ1) is 11.0. The molecule has 1 saturated carbocycles. The largest absolute Gasteiger partial charge is 0.310 e. The average molecular weight is 222 g/mol. The Morgan fingerprint density at radius 2 is 1.56 bits per heavy atom. The van der Waals surface area contributed by atoms with Gasteiger partial charge in [0.25, 0.3) is 0 Å². The van der Waals surface area contributed by atoms with Crippen molar-refractivity contribution >= 4 is 0 Å². The average Bonchev–Trinajstić information content (AvgIpc) is 2.74. The number of nitrogens with one attached hydrogen (secondary N) is 1. The van der Waals surface area contributed by atoms with Crippen LogP contribution in [0, 0.1) is 0 Å². The molecule has 2 nitrogen and oxygen atoms in total. The molecule has 3 fully saturated rings. The van der Waals surface area contributed by atoms with Crippen LogP contribution < -0.4 is 5.32 Å². The van der Waals surface area contributed by atoms with Gasteiger partial charge >= 0.3 is 0 Å². The normalized spacial score (nSPS) is 37.5. The van der Waals surface area contributed by atoms with E-state index in [9.17, 15) is 0 Å². The van der Waals surface area contributed by atoms with Gasteiger partial charge in [-0.1, -0.05) is 25.7 Å². The van der Waals surface area contributed by atoms with Gasteiger partial charge in [-0.05, 0) is 38.6 Å². The second-order valence-electron chi connectivity index (χ2n) is 6.00. The molecule has 0 aromatic carbocycles. The monoisotopic (exact) mass is 222 g/mol. The summed E-state index contributed by atoms with van der Waals surface area (Å²) in [6, 6.07) is 2.56. The Morgan fingerprint density at radius 1 is 0.750 bits per heavy atom. The summed E-state index contributed by atoms with van der Waals surface area (Å²) in [7, 11) is 0. The highest BCUT2D eigenvalue weighted by atomic mass is 15.2. The Hall–Kier alpha value is -0.0800. The molecule has 16 heavy (non-hydrogen) atoms. The first-order valence-electron chi connectivity index (χ1n) is 7.43. The molecular weight excluding hydrogens is 196 g/mol. The summed E-state index contributed by atoms with van der Waals surface area (Å²) in [5.74, 6) is 0. The first-order chi connectivity index (χ1) is 7.93. The molecule has 2 aliphatic heterocycles. The van der Waals surface area contributed by atoms with Crippen LogP contribution in [0.4, 0.5) is 0 Å². The molecule has 2 heteroatoms. The minimum atomic E-state index is 0.823. The lowest BCUT2D eigenvalue weighted by Crippen LogP contribution is -2.48. The molecule has 2 atom stereocenters. The van der Waals surface area contributed by atoms with Gasteiger partial charge in [-0.3, -0.25) is 4.90 Å². The van der Waals surface area contributed by atoms with Gasteiger partial charge in [0.1, 0.15) is 0 Å². The van der Waals surface area contributed by atoms with Gasteiger partial charge in [-0.15, -0.1) is 0 Å². The highest BCUT2D eigenvalue weighted by molar-refractivity contribution is 4.95. The van der Waals surface area contributed by atoms with Crippen molar-refractivity contribution in [1.29, 1.82) is 0 Å². The number of nitrogens with zero attached hydrogens (tertiary/aromatic N) is 1. The predicted octanol–water partition coefficient (Wildman–Crippen LogP) is 2.54. The van der Waals surface area contributed by atoms with E-state index in [0.29, 0.717) is 0 Å². The van der Waals surface area contributed by atoms with Crippen molar-refractivity contribution in [2.24, 2.45) is 0 Å². The quantitative estimate of drug-likeness (QED) is 0.772. The summed E-state index contributed by atoms with van der Waals surface area (Å²) < 4.78 is 0. The molecule has 0 radical (unpaired) electrons. The third kappa shape index (κ3) is 2.28. The number of hydrogen-bond donors (Lipinski definition) is 1. The zero-order valence-electron chi connectivity index (χ0n) is 10.5. The Morgan fingerprint density at radius 3 is 2.44 bits per heavy atom. The van der Waals surface area contributed by atoms with Gasteiger partial charge in [0.2, 0.25) is 0 Å². The van der Waals surface area contributed by atoms with Crippen molar-refractivity contribution < 1.29 is 0 Å². The molecule has 2 unspecified atom stereocenters. The maximum Gasteiger partial charge on any atom is 0.0249 e. The molecule has 92 valence electrons. The van der Waals surface area contributed by atoms with E-state index in [4.69, 9.17) is 0 Å². The molecule has 0 aromatic heterocycles. The zero-order valence-corrected chi connectivity index (χ0v) is 10.5. The molecule has 0 spiro atoms. The van der Waals surface area contributed by atoms with Crippen molar-refractivity contribution in [1.82, 2.24) is 10.2 Å². The van der Waals surface area contributed by atoms with Crippen LogP contribution in [-0.4, -0.2) is 36.1 Å². The highest BCUT2D eigenvalue weighted by Gasteiger charge is 2.36. The zero-order chi connectivity index (χ0) is 10.8. The van der Waals surface area contributed by atoms with Gasteiger partial charge in [0.05, 0.1) is 0 Å². The van der Waals surface area contributed by atoms with Crippen LogP contribution in [0.15, 0.2) is 0 Å². The molecule has 0 amide bonds. The summed E-state index contributed by atoms with van der Waals surface area (Å²) in [6.07, 6.45) is 13.0. The van der Waals surface area contributed by atoms with Crippen molar-refractivity contribution in [3.63, 3.8) is 0 Å². The van der Waals surface area contributed by atoms with Gasteiger partial charge in [-0.2, -0.15) is 0 Å². The van der Waals surface area contributed by atoms with Gasteiger partial charge in [-0.25, -0.2) is 0 Å². The summed E-state index contributed by atoms with van der Waals surface area (Å²) in [5, 5.41) is 3.98. The lowest BCUT2D eigenvalue weighted by molar-refractivity contribution is 0.172. The molecule has 1 N–H and O–H groups in total. The molecule has 0 aromatic rings. The van der Waals surface area contributed by atoms with E-state index in [1.54, 1.807) is 0 Å². The minimum Gasteiger partial charge on any atom is -0.310 e. The molecule has 2 heterocycles. The maximum absolute atomic E-state index is 3.98. The van der Waals surface area contributed by atoms with E-state index in [-0.39, 0.29) is 0 Å². The fourth-order valence-electron chi connectivity index (χ4n) is 4.01. The molecule has 1 aliphatic carbocycles. The van der Waals surface area contributed by atoms with E-state index < -0.39 is 0 Å². The minimum absolute atomic E-state index is 0.823. The smallest absolute Gasteiger partial charge is 0.0249 e. The Kier molecular flexibility index (Phi) is 3.49. The van der Waals surface area contributed by atoms with Crippen molar-refractivity contribution in [2.45, 2.75) is 75.9 Å². The Balaban J connectivity index is 1.54. The second kappa shape index (κ2) is 5.05. The number of rotatable bonds is 2. The third-order valence-corrected chi connectivity index (χ3v) is 4.91. The fourth-order valence-corrected chi connectivity index (χ4v) is 4.01. The SMILES string of the molecule is C1CCC(NC2CCN3CCCCC23)CC1. The van der Waals surface area contributed by atoms with Crippen LogP contribution in [0.5, 0.6) is 0 Å².